The maximum absolute atomic E-state index is 13.5. The summed E-state index contributed by atoms with van der Waals surface area (Å²) in [7, 11) is 0. The molecule has 0 aromatic heterocycles. The van der Waals surface area contributed by atoms with Gasteiger partial charge in [0.1, 0.15) is 11.6 Å². The number of ether oxygens (including phenoxy) is 1. The normalized spacial score (nSPS) is 10.2. The van der Waals surface area contributed by atoms with Gasteiger partial charge in [-0.3, -0.25) is 0 Å². The highest BCUT2D eigenvalue weighted by molar-refractivity contribution is 9.10. The largest absolute Gasteiger partial charge is 0.493 e. The Balaban J connectivity index is 1.90. The number of benzene rings is 2. The van der Waals surface area contributed by atoms with Crippen LogP contribution >= 0.6 is 15.9 Å². The van der Waals surface area contributed by atoms with Crippen molar-refractivity contribution in [3.8, 4) is 5.75 Å². The van der Waals surface area contributed by atoms with Crippen molar-refractivity contribution in [3.63, 3.8) is 0 Å². The molecule has 0 unspecified atom stereocenters. The molecule has 0 amide bonds. The van der Waals surface area contributed by atoms with Crippen LogP contribution in [0.2, 0.25) is 0 Å². The predicted octanol–water partition coefficient (Wildman–Crippen LogP) is 4.21. The molecule has 1 nitrogen and oxygen atoms in total. The smallest absolute Gasteiger partial charge is 0.127 e. The Kier molecular flexibility index (Phi) is 4.15. The van der Waals surface area contributed by atoms with Crippen molar-refractivity contribution < 1.29 is 9.13 Å². The quantitative estimate of drug-likeness (QED) is 0.821. The molecular weight excluding hydrogens is 283 g/mol. The van der Waals surface area contributed by atoms with Crippen LogP contribution in [0.4, 0.5) is 4.39 Å². The predicted molar refractivity (Wildman–Crippen MR) is 69.7 cm³/mol. The highest BCUT2D eigenvalue weighted by Crippen LogP contribution is 2.16. The van der Waals surface area contributed by atoms with Gasteiger partial charge < -0.3 is 4.74 Å². The summed E-state index contributed by atoms with van der Waals surface area (Å²) in [4.78, 5) is 0. The molecule has 0 N–H and O–H groups in total. The van der Waals surface area contributed by atoms with Gasteiger partial charge in [0.15, 0.2) is 0 Å². The Morgan fingerprint density at radius 1 is 1.06 bits per heavy atom. The maximum Gasteiger partial charge on any atom is 0.127 e. The average molecular weight is 295 g/mol. The Hall–Kier alpha value is -1.35. The van der Waals surface area contributed by atoms with E-state index in [-0.39, 0.29) is 5.82 Å². The molecule has 0 aliphatic rings. The Morgan fingerprint density at radius 2 is 1.82 bits per heavy atom. The molecule has 2 rings (SSSR count). The van der Waals surface area contributed by atoms with Gasteiger partial charge in [-0.15, -0.1) is 0 Å². The molecule has 0 bridgehead atoms. The van der Waals surface area contributed by atoms with Crippen LogP contribution in [-0.2, 0) is 6.42 Å². The molecule has 88 valence electrons. The van der Waals surface area contributed by atoms with Crippen molar-refractivity contribution in [3.05, 3.63) is 64.4 Å². The molecule has 0 saturated carbocycles. The molecule has 2 aromatic carbocycles. The highest BCUT2D eigenvalue weighted by Gasteiger charge is 2.02. The van der Waals surface area contributed by atoms with E-state index in [4.69, 9.17) is 4.74 Å². The van der Waals surface area contributed by atoms with Gasteiger partial charge in [-0.25, -0.2) is 4.39 Å². The summed E-state index contributed by atoms with van der Waals surface area (Å²) in [6, 6.07) is 14.6. The third-order valence-corrected chi connectivity index (χ3v) is 2.89. The lowest BCUT2D eigenvalue weighted by molar-refractivity contribution is 0.320. The van der Waals surface area contributed by atoms with E-state index in [2.05, 4.69) is 15.9 Å². The fraction of sp³-hybridized carbons (Fsp3) is 0.143. The van der Waals surface area contributed by atoms with Crippen molar-refractivity contribution in [2.24, 2.45) is 0 Å². The number of halogens is 2. The minimum Gasteiger partial charge on any atom is -0.493 e. The van der Waals surface area contributed by atoms with Crippen molar-refractivity contribution in [2.45, 2.75) is 6.42 Å². The summed E-state index contributed by atoms with van der Waals surface area (Å²) in [6.07, 6.45) is 0.563. The van der Waals surface area contributed by atoms with E-state index in [1.54, 1.807) is 6.07 Å². The van der Waals surface area contributed by atoms with Crippen molar-refractivity contribution in [2.75, 3.05) is 6.61 Å². The van der Waals surface area contributed by atoms with Crippen LogP contribution in [0.5, 0.6) is 5.75 Å². The number of hydrogen-bond donors (Lipinski definition) is 0. The van der Waals surface area contributed by atoms with Crippen molar-refractivity contribution >= 4 is 15.9 Å². The van der Waals surface area contributed by atoms with Gasteiger partial charge in [0, 0.05) is 10.9 Å². The van der Waals surface area contributed by atoms with E-state index < -0.39 is 0 Å². The van der Waals surface area contributed by atoms with Gasteiger partial charge >= 0.3 is 0 Å². The molecule has 0 aliphatic heterocycles. The summed E-state index contributed by atoms with van der Waals surface area (Å²) in [6.45, 7) is 0.475. The molecule has 0 radical (unpaired) electrons. The summed E-state index contributed by atoms with van der Waals surface area (Å²) < 4.78 is 19.8. The SMILES string of the molecule is Fc1cc(Br)ccc1CCOc1ccccc1. The van der Waals surface area contributed by atoms with Gasteiger partial charge in [0.2, 0.25) is 0 Å². The van der Waals surface area contributed by atoms with Gasteiger partial charge in [0.05, 0.1) is 6.61 Å². The molecule has 0 heterocycles. The van der Waals surface area contributed by atoms with Gasteiger partial charge in [-0.2, -0.15) is 0 Å². The summed E-state index contributed by atoms with van der Waals surface area (Å²) in [5, 5.41) is 0. The van der Waals surface area contributed by atoms with E-state index in [0.717, 1.165) is 10.2 Å². The van der Waals surface area contributed by atoms with E-state index in [9.17, 15) is 4.39 Å². The topological polar surface area (TPSA) is 9.23 Å². The second kappa shape index (κ2) is 5.82. The van der Waals surface area contributed by atoms with Crippen LogP contribution in [0.1, 0.15) is 5.56 Å². The Morgan fingerprint density at radius 3 is 2.53 bits per heavy atom. The second-order valence-electron chi connectivity index (χ2n) is 3.65. The van der Waals surface area contributed by atoms with Crippen LogP contribution in [0.25, 0.3) is 0 Å². The number of hydrogen-bond acceptors (Lipinski definition) is 1. The standard InChI is InChI=1S/C14H12BrFO/c15-12-7-6-11(14(16)10-12)8-9-17-13-4-2-1-3-5-13/h1-7,10H,8-9H2. The molecule has 0 saturated heterocycles. The van der Waals surface area contributed by atoms with Crippen LogP contribution in [-0.4, -0.2) is 6.61 Å². The second-order valence-corrected chi connectivity index (χ2v) is 4.56. The third-order valence-electron chi connectivity index (χ3n) is 2.40. The lowest BCUT2D eigenvalue weighted by atomic mass is 10.1. The molecule has 0 fully saturated rings. The first-order valence-electron chi connectivity index (χ1n) is 5.37. The molecular formula is C14H12BrFO. The first-order valence-corrected chi connectivity index (χ1v) is 6.17. The number of rotatable bonds is 4. The number of para-hydroxylation sites is 1. The molecule has 0 spiro atoms. The summed E-state index contributed by atoms with van der Waals surface area (Å²) >= 11 is 3.23. The monoisotopic (exact) mass is 294 g/mol. The van der Waals surface area contributed by atoms with Crippen LogP contribution in [0, 0.1) is 5.82 Å². The van der Waals surface area contributed by atoms with Crippen molar-refractivity contribution in [1.29, 1.82) is 0 Å². The Labute approximate surface area is 108 Å². The third kappa shape index (κ3) is 3.56. The zero-order chi connectivity index (χ0) is 12.1. The molecule has 2 aromatic rings. The fourth-order valence-corrected chi connectivity index (χ4v) is 1.85. The van der Waals surface area contributed by atoms with Crippen LogP contribution in [0.15, 0.2) is 53.0 Å². The molecule has 0 atom stereocenters. The molecule has 17 heavy (non-hydrogen) atoms. The zero-order valence-electron chi connectivity index (χ0n) is 9.20. The van der Waals surface area contributed by atoms with Gasteiger partial charge in [0.25, 0.3) is 0 Å². The first kappa shape index (κ1) is 12.1. The van der Waals surface area contributed by atoms with E-state index in [1.807, 2.05) is 36.4 Å². The van der Waals surface area contributed by atoms with Crippen LogP contribution < -0.4 is 4.74 Å². The molecule has 3 heteroatoms. The minimum absolute atomic E-state index is 0.198. The highest BCUT2D eigenvalue weighted by atomic mass is 79.9. The fourth-order valence-electron chi connectivity index (χ4n) is 1.52. The van der Waals surface area contributed by atoms with E-state index in [0.29, 0.717) is 18.6 Å². The Bertz CT molecular complexity index is 485. The van der Waals surface area contributed by atoms with Gasteiger partial charge in [-0.1, -0.05) is 40.2 Å². The van der Waals surface area contributed by atoms with E-state index in [1.165, 1.54) is 6.07 Å². The van der Waals surface area contributed by atoms with Gasteiger partial charge in [-0.05, 0) is 29.8 Å². The average Bonchev–Trinajstić information content (AvgIpc) is 2.33. The van der Waals surface area contributed by atoms with Crippen molar-refractivity contribution in [1.82, 2.24) is 0 Å². The van der Waals surface area contributed by atoms with Crippen LogP contribution in [0.3, 0.4) is 0 Å². The zero-order valence-corrected chi connectivity index (χ0v) is 10.8. The minimum atomic E-state index is -0.198. The maximum atomic E-state index is 13.5. The lowest BCUT2D eigenvalue weighted by Gasteiger charge is -2.06. The molecule has 0 aliphatic carbocycles. The summed E-state index contributed by atoms with van der Waals surface area (Å²) in [5.41, 5.74) is 0.670. The lowest BCUT2D eigenvalue weighted by Crippen LogP contribution is -2.02. The summed E-state index contributed by atoms with van der Waals surface area (Å²) in [5.74, 6) is 0.612. The van der Waals surface area contributed by atoms with E-state index >= 15 is 0 Å². The first-order chi connectivity index (χ1) is 8.25.